The van der Waals surface area contributed by atoms with Crippen LogP contribution in [0.4, 0.5) is 17.6 Å². The molecule has 0 fully saturated rings. The number of hydrogen-bond acceptors (Lipinski definition) is 1. The number of aromatic nitrogens is 1. The van der Waals surface area contributed by atoms with Crippen LogP contribution in [0.1, 0.15) is 5.69 Å². The minimum absolute atomic E-state index is 0.0311. The van der Waals surface area contributed by atoms with Crippen LogP contribution in [0, 0.1) is 10.5 Å². The van der Waals surface area contributed by atoms with Crippen molar-refractivity contribution in [1.82, 2.24) is 4.98 Å². The topological polar surface area (TPSA) is 15.8 Å². The molecule has 1 N–H and O–H groups in total. The summed E-state index contributed by atoms with van der Waals surface area (Å²) in [6.07, 6.45) is -4.46. The molecule has 0 bridgehead atoms. The molecular weight excluding hydrogens is 266 g/mol. The Balaban J connectivity index is 2.48. The maximum absolute atomic E-state index is 12.7. The Kier molecular flexibility index (Phi) is 3.21. The summed E-state index contributed by atoms with van der Waals surface area (Å²) >= 11 is 4.87. The number of hydrogen-bond donors (Lipinski definition) is 1. The van der Waals surface area contributed by atoms with E-state index in [4.69, 9.17) is 12.2 Å². The van der Waals surface area contributed by atoms with E-state index < -0.39 is 17.7 Å². The van der Waals surface area contributed by atoms with Gasteiger partial charge in [-0.25, -0.2) is 4.39 Å². The van der Waals surface area contributed by atoms with Crippen LogP contribution in [-0.4, -0.2) is 4.98 Å². The molecule has 0 amide bonds. The first kappa shape index (κ1) is 12.8. The molecule has 2 aromatic rings. The fourth-order valence-corrected chi connectivity index (χ4v) is 1.79. The summed E-state index contributed by atoms with van der Waals surface area (Å²) in [7, 11) is 0. The van der Waals surface area contributed by atoms with Crippen molar-refractivity contribution >= 4 is 12.2 Å². The first-order valence-electron chi connectivity index (χ1n) is 4.94. The van der Waals surface area contributed by atoms with Crippen LogP contribution in [0.5, 0.6) is 0 Å². The monoisotopic (exact) mass is 273 g/mol. The van der Waals surface area contributed by atoms with E-state index in [1.54, 1.807) is 0 Å². The largest absolute Gasteiger partial charge is 0.431 e. The third-order valence-corrected chi connectivity index (χ3v) is 2.69. The number of halogens is 4. The van der Waals surface area contributed by atoms with E-state index in [0.29, 0.717) is 11.1 Å². The van der Waals surface area contributed by atoms with Crippen molar-refractivity contribution in [2.45, 2.75) is 6.18 Å². The highest BCUT2D eigenvalue weighted by molar-refractivity contribution is 7.71. The zero-order valence-corrected chi connectivity index (χ0v) is 9.70. The van der Waals surface area contributed by atoms with Crippen molar-refractivity contribution in [2.24, 2.45) is 0 Å². The lowest BCUT2D eigenvalue weighted by Crippen LogP contribution is -2.07. The predicted molar refractivity (Wildman–Crippen MR) is 62.0 cm³/mol. The highest BCUT2D eigenvalue weighted by atomic mass is 32.1. The second-order valence-corrected chi connectivity index (χ2v) is 4.03. The van der Waals surface area contributed by atoms with E-state index in [9.17, 15) is 17.6 Å². The first-order chi connectivity index (χ1) is 8.38. The van der Waals surface area contributed by atoms with E-state index in [1.165, 1.54) is 30.3 Å². The van der Waals surface area contributed by atoms with Crippen molar-refractivity contribution in [2.75, 3.05) is 0 Å². The smallest absolute Gasteiger partial charge is 0.342 e. The Morgan fingerprint density at radius 1 is 0.944 bits per heavy atom. The molecule has 2 rings (SSSR count). The van der Waals surface area contributed by atoms with Crippen LogP contribution < -0.4 is 0 Å². The van der Waals surface area contributed by atoms with E-state index in [0.717, 1.165) is 6.07 Å². The Morgan fingerprint density at radius 2 is 1.56 bits per heavy atom. The third kappa shape index (κ3) is 2.59. The zero-order valence-electron chi connectivity index (χ0n) is 8.88. The van der Waals surface area contributed by atoms with Crippen LogP contribution in [0.15, 0.2) is 36.4 Å². The van der Waals surface area contributed by atoms with E-state index in [-0.39, 0.29) is 4.64 Å². The van der Waals surface area contributed by atoms with Gasteiger partial charge in [-0.15, -0.1) is 0 Å². The second kappa shape index (κ2) is 4.53. The summed E-state index contributed by atoms with van der Waals surface area (Å²) in [5, 5.41) is 0. The van der Waals surface area contributed by atoms with Gasteiger partial charge in [-0.1, -0.05) is 24.4 Å². The van der Waals surface area contributed by atoms with Gasteiger partial charge in [0.05, 0.1) is 0 Å². The molecule has 0 spiro atoms. The summed E-state index contributed by atoms with van der Waals surface area (Å²) < 4.78 is 50.0. The number of alkyl halides is 3. The summed E-state index contributed by atoms with van der Waals surface area (Å²) in [6, 6.07) is 7.55. The summed E-state index contributed by atoms with van der Waals surface area (Å²) in [5.74, 6) is -0.416. The van der Waals surface area contributed by atoms with Crippen molar-refractivity contribution in [1.29, 1.82) is 0 Å². The van der Waals surface area contributed by atoms with Gasteiger partial charge in [0.1, 0.15) is 16.2 Å². The first-order valence-corrected chi connectivity index (χ1v) is 5.35. The van der Waals surface area contributed by atoms with Crippen molar-refractivity contribution < 1.29 is 17.6 Å². The van der Waals surface area contributed by atoms with Crippen molar-refractivity contribution in [3.05, 3.63) is 52.5 Å². The Bertz CT molecular complexity index is 613. The quantitative estimate of drug-likeness (QED) is 0.594. The number of pyridine rings is 1. The fraction of sp³-hybridized carbons (Fsp3) is 0.0833. The predicted octanol–water partition coefficient (Wildman–Crippen LogP) is 4.57. The molecule has 0 aliphatic heterocycles. The SMILES string of the molecule is Fc1ccc(-c2ccc(C(F)(F)F)[nH]c2=S)cc1. The van der Waals surface area contributed by atoms with Crippen LogP contribution >= 0.6 is 12.2 Å². The van der Waals surface area contributed by atoms with E-state index >= 15 is 0 Å². The van der Waals surface area contributed by atoms with Crippen molar-refractivity contribution in [3.8, 4) is 11.1 Å². The van der Waals surface area contributed by atoms with Gasteiger partial charge in [-0.2, -0.15) is 13.2 Å². The second-order valence-electron chi connectivity index (χ2n) is 3.62. The maximum Gasteiger partial charge on any atom is 0.431 e. The molecule has 1 nitrogen and oxygen atoms in total. The molecule has 18 heavy (non-hydrogen) atoms. The molecule has 0 radical (unpaired) electrons. The summed E-state index contributed by atoms with van der Waals surface area (Å²) in [4.78, 5) is 2.13. The molecule has 0 aliphatic carbocycles. The van der Waals surface area contributed by atoms with Gasteiger partial charge in [-0.05, 0) is 29.8 Å². The average Bonchev–Trinajstić information content (AvgIpc) is 2.29. The van der Waals surface area contributed by atoms with Crippen LogP contribution in [0.2, 0.25) is 0 Å². The minimum Gasteiger partial charge on any atom is -0.342 e. The average molecular weight is 273 g/mol. The zero-order chi connectivity index (χ0) is 13.3. The minimum atomic E-state index is -4.46. The van der Waals surface area contributed by atoms with Gasteiger partial charge < -0.3 is 4.98 Å². The Labute approximate surface area is 105 Å². The Hall–Kier alpha value is -1.69. The molecule has 0 saturated heterocycles. The Morgan fingerprint density at radius 3 is 2.06 bits per heavy atom. The van der Waals surface area contributed by atoms with Gasteiger partial charge in [0.2, 0.25) is 0 Å². The van der Waals surface area contributed by atoms with Crippen LogP contribution in [0.25, 0.3) is 11.1 Å². The highest BCUT2D eigenvalue weighted by Gasteiger charge is 2.31. The van der Waals surface area contributed by atoms with E-state index in [1.807, 2.05) is 0 Å². The molecule has 0 saturated carbocycles. The molecular formula is C12H7F4NS. The summed E-state index contributed by atoms with van der Waals surface area (Å²) in [6.45, 7) is 0. The molecule has 6 heteroatoms. The summed E-state index contributed by atoms with van der Waals surface area (Å²) in [5.41, 5.74) is 0.0859. The molecule has 0 atom stereocenters. The van der Waals surface area contributed by atoms with Gasteiger partial charge >= 0.3 is 6.18 Å². The molecule has 0 unspecified atom stereocenters. The number of benzene rings is 1. The number of nitrogens with one attached hydrogen (secondary N) is 1. The van der Waals surface area contributed by atoms with Crippen molar-refractivity contribution in [3.63, 3.8) is 0 Å². The van der Waals surface area contributed by atoms with Gasteiger partial charge in [0, 0.05) is 5.56 Å². The normalized spacial score (nSPS) is 11.6. The van der Waals surface area contributed by atoms with Gasteiger partial charge in [-0.3, -0.25) is 0 Å². The molecule has 1 aromatic heterocycles. The van der Waals surface area contributed by atoms with E-state index in [2.05, 4.69) is 4.98 Å². The number of rotatable bonds is 1. The lowest BCUT2D eigenvalue weighted by molar-refractivity contribution is -0.141. The fourth-order valence-electron chi connectivity index (χ4n) is 1.50. The number of aromatic amines is 1. The molecule has 1 aromatic carbocycles. The maximum atomic E-state index is 12.7. The lowest BCUT2D eigenvalue weighted by atomic mass is 10.1. The molecule has 94 valence electrons. The molecule has 1 heterocycles. The van der Waals surface area contributed by atoms with Crippen LogP contribution in [-0.2, 0) is 6.18 Å². The molecule has 0 aliphatic rings. The van der Waals surface area contributed by atoms with Crippen LogP contribution in [0.3, 0.4) is 0 Å². The highest BCUT2D eigenvalue weighted by Crippen LogP contribution is 2.29. The third-order valence-electron chi connectivity index (χ3n) is 2.37. The van der Waals surface area contributed by atoms with Gasteiger partial charge in [0.25, 0.3) is 0 Å². The van der Waals surface area contributed by atoms with Gasteiger partial charge in [0.15, 0.2) is 0 Å². The number of H-pyrrole nitrogens is 1. The lowest BCUT2D eigenvalue weighted by Gasteiger charge is -2.08. The standard InChI is InChI=1S/C12H7F4NS/c13-8-3-1-7(2-4-8)9-5-6-10(12(14,15)16)17-11(9)18/h1-6H,(H,17,18).